The van der Waals surface area contributed by atoms with Gasteiger partial charge < -0.3 is 20.1 Å². The monoisotopic (exact) mass is 518 g/mol. The summed E-state index contributed by atoms with van der Waals surface area (Å²) in [5.74, 6) is -1.13. The first-order chi connectivity index (χ1) is 17.3. The first-order valence-electron chi connectivity index (χ1n) is 12.9. The topological polar surface area (TPSA) is 111 Å². The molecule has 2 amide bonds. The lowest BCUT2D eigenvalue weighted by molar-refractivity contribution is -0.148. The number of aryl methyl sites for hydroxylation is 1. The molecule has 0 spiro atoms. The molecular formula is C27H38N2O6S. The van der Waals surface area contributed by atoms with Gasteiger partial charge in [0.15, 0.2) is 5.12 Å². The van der Waals surface area contributed by atoms with Crippen LogP contribution in [0.2, 0.25) is 0 Å². The van der Waals surface area contributed by atoms with E-state index in [2.05, 4.69) is 10.6 Å². The number of hydrogen-bond donors (Lipinski definition) is 2. The van der Waals surface area contributed by atoms with Gasteiger partial charge in [0.05, 0.1) is 11.9 Å². The van der Waals surface area contributed by atoms with Crippen LogP contribution in [0.25, 0.3) is 0 Å². The zero-order chi connectivity index (χ0) is 26.0. The standard InChI is InChI=1S/C27H38N2O6S/c1-3-35-25(32)22(12-11-20-9-5-4-6-10-20)28-26(33)27(15-7-8-16-27)29-24(31)23(36-19(2)30)21-13-17-34-18-14-21/h4-6,9-10,21-23H,3,7-8,11-18H2,1-2H3,(H,28,33)(H,29,31). The molecule has 0 radical (unpaired) electrons. The molecule has 1 aliphatic carbocycles. The van der Waals surface area contributed by atoms with Gasteiger partial charge in [0.2, 0.25) is 11.8 Å². The highest BCUT2D eigenvalue weighted by atomic mass is 32.2. The fourth-order valence-corrected chi connectivity index (χ4v) is 5.99. The molecule has 1 aromatic carbocycles. The normalized spacial score (nSPS) is 19.2. The third-order valence-corrected chi connectivity index (χ3v) is 8.13. The first-order valence-corrected chi connectivity index (χ1v) is 13.8. The van der Waals surface area contributed by atoms with E-state index in [0.29, 0.717) is 51.7 Å². The van der Waals surface area contributed by atoms with Crippen LogP contribution in [0.1, 0.15) is 64.4 Å². The molecule has 0 bridgehead atoms. The van der Waals surface area contributed by atoms with Crippen LogP contribution in [0, 0.1) is 5.92 Å². The SMILES string of the molecule is CCOC(=O)C(CCc1ccccc1)NC(=O)C1(NC(=O)C(SC(C)=O)C2CCOCC2)CCCC1. The molecule has 8 nitrogen and oxygen atoms in total. The summed E-state index contributed by atoms with van der Waals surface area (Å²) in [6, 6.07) is 8.94. The van der Waals surface area contributed by atoms with Crippen LogP contribution < -0.4 is 10.6 Å². The molecule has 2 unspecified atom stereocenters. The van der Waals surface area contributed by atoms with Gasteiger partial charge in [0.25, 0.3) is 0 Å². The smallest absolute Gasteiger partial charge is 0.328 e. The summed E-state index contributed by atoms with van der Waals surface area (Å²) in [6.07, 6.45) is 4.96. The van der Waals surface area contributed by atoms with E-state index in [1.54, 1.807) is 6.92 Å². The van der Waals surface area contributed by atoms with Crippen LogP contribution >= 0.6 is 11.8 Å². The van der Waals surface area contributed by atoms with Crippen molar-refractivity contribution in [2.75, 3.05) is 19.8 Å². The number of carbonyl (C=O) groups excluding carboxylic acids is 4. The summed E-state index contributed by atoms with van der Waals surface area (Å²) >= 11 is 1.03. The molecule has 1 aliphatic heterocycles. The Labute approximate surface area is 217 Å². The van der Waals surface area contributed by atoms with Gasteiger partial charge in [0, 0.05) is 20.1 Å². The van der Waals surface area contributed by atoms with Gasteiger partial charge in [0.1, 0.15) is 11.6 Å². The Morgan fingerprint density at radius 3 is 2.39 bits per heavy atom. The van der Waals surface area contributed by atoms with Crippen LogP contribution in [-0.2, 0) is 35.1 Å². The van der Waals surface area contributed by atoms with Crippen LogP contribution in [-0.4, -0.2) is 59.6 Å². The van der Waals surface area contributed by atoms with E-state index in [1.165, 1.54) is 6.92 Å². The van der Waals surface area contributed by atoms with Gasteiger partial charge in [-0.1, -0.05) is 54.9 Å². The number of carbonyl (C=O) groups is 4. The maximum Gasteiger partial charge on any atom is 0.328 e. The number of nitrogens with one attached hydrogen (secondary N) is 2. The molecule has 1 saturated heterocycles. The molecule has 198 valence electrons. The predicted octanol–water partition coefficient (Wildman–Crippen LogP) is 3.17. The average molecular weight is 519 g/mol. The Balaban J connectivity index is 1.73. The van der Waals surface area contributed by atoms with E-state index in [9.17, 15) is 19.2 Å². The fraction of sp³-hybridized carbons (Fsp3) is 0.630. The molecule has 0 aromatic heterocycles. The second-order valence-electron chi connectivity index (χ2n) is 9.56. The van der Waals surface area contributed by atoms with E-state index < -0.39 is 22.8 Å². The number of benzene rings is 1. The molecule has 2 aliphatic rings. The Bertz CT molecular complexity index is 897. The predicted molar refractivity (Wildman–Crippen MR) is 138 cm³/mol. The molecule has 2 fully saturated rings. The average Bonchev–Trinajstić information content (AvgIpc) is 3.35. The molecule has 1 heterocycles. The Hall–Kier alpha value is -2.39. The fourth-order valence-electron chi connectivity index (χ4n) is 5.00. The Morgan fingerprint density at radius 2 is 1.78 bits per heavy atom. The van der Waals surface area contributed by atoms with Crippen molar-refractivity contribution in [3.05, 3.63) is 35.9 Å². The van der Waals surface area contributed by atoms with Crippen molar-refractivity contribution in [1.29, 1.82) is 0 Å². The molecule has 1 aromatic rings. The van der Waals surface area contributed by atoms with Crippen LogP contribution in [0.5, 0.6) is 0 Å². The van der Waals surface area contributed by atoms with E-state index in [0.717, 1.165) is 30.2 Å². The van der Waals surface area contributed by atoms with Crippen molar-refractivity contribution in [2.45, 2.75) is 82.0 Å². The summed E-state index contributed by atoms with van der Waals surface area (Å²) in [5.41, 5.74) is -0.0412. The van der Waals surface area contributed by atoms with Crippen molar-refractivity contribution in [3.63, 3.8) is 0 Å². The maximum absolute atomic E-state index is 13.6. The van der Waals surface area contributed by atoms with E-state index in [-0.39, 0.29) is 29.5 Å². The molecular weight excluding hydrogens is 480 g/mol. The quantitative estimate of drug-likeness (QED) is 0.433. The summed E-state index contributed by atoms with van der Waals surface area (Å²) in [6.45, 7) is 4.52. The van der Waals surface area contributed by atoms with Gasteiger partial charge in [-0.05, 0) is 56.9 Å². The van der Waals surface area contributed by atoms with Crippen LogP contribution in [0.4, 0.5) is 0 Å². The highest BCUT2D eigenvalue weighted by molar-refractivity contribution is 8.14. The summed E-state index contributed by atoms with van der Waals surface area (Å²) in [7, 11) is 0. The summed E-state index contributed by atoms with van der Waals surface area (Å²) in [5, 5.41) is 5.22. The number of thioether (sulfide) groups is 1. The molecule has 3 rings (SSSR count). The van der Waals surface area contributed by atoms with Gasteiger partial charge in [-0.25, -0.2) is 4.79 Å². The second-order valence-corrected chi connectivity index (χ2v) is 10.9. The van der Waals surface area contributed by atoms with Crippen molar-refractivity contribution in [3.8, 4) is 0 Å². The number of rotatable bonds is 11. The summed E-state index contributed by atoms with van der Waals surface area (Å²) < 4.78 is 10.7. The minimum atomic E-state index is -1.10. The summed E-state index contributed by atoms with van der Waals surface area (Å²) in [4.78, 5) is 51.8. The van der Waals surface area contributed by atoms with E-state index >= 15 is 0 Å². The number of hydrogen-bond acceptors (Lipinski definition) is 7. The number of amides is 2. The highest BCUT2D eigenvalue weighted by Gasteiger charge is 2.46. The lowest BCUT2D eigenvalue weighted by Gasteiger charge is -2.34. The third-order valence-electron chi connectivity index (χ3n) is 6.94. The number of esters is 1. The van der Waals surface area contributed by atoms with Gasteiger partial charge in [-0.3, -0.25) is 14.4 Å². The van der Waals surface area contributed by atoms with Crippen molar-refractivity contribution >= 4 is 34.7 Å². The largest absolute Gasteiger partial charge is 0.464 e. The van der Waals surface area contributed by atoms with Gasteiger partial charge in [-0.15, -0.1) is 0 Å². The molecule has 2 atom stereocenters. The Kier molecular flexibility index (Phi) is 10.8. The minimum absolute atomic E-state index is 0.00678. The highest BCUT2D eigenvalue weighted by Crippen LogP contribution is 2.33. The van der Waals surface area contributed by atoms with Crippen molar-refractivity contribution < 1.29 is 28.7 Å². The molecule has 2 N–H and O–H groups in total. The van der Waals surface area contributed by atoms with Crippen LogP contribution in [0.15, 0.2) is 30.3 Å². The number of ether oxygens (including phenoxy) is 2. The lowest BCUT2D eigenvalue weighted by Crippen LogP contribution is -2.61. The second kappa shape index (κ2) is 13.8. The van der Waals surface area contributed by atoms with E-state index in [1.807, 2.05) is 30.3 Å². The van der Waals surface area contributed by atoms with Crippen molar-refractivity contribution in [2.24, 2.45) is 5.92 Å². The van der Waals surface area contributed by atoms with Crippen molar-refractivity contribution in [1.82, 2.24) is 10.6 Å². The zero-order valence-electron chi connectivity index (χ0n) is 21.3. The van der Waals surface area contributed by atoms with Gasteiger partial charge >= 0.3 is 5.97 Å². The molecule has 1 saturated carbocycles. The minimum Gasteiger partial charge on any atom is -0.464 e. The lowest BCUT2D eigenvalue weighted by atomic mass is 9.92. The van der Waals surface area contributed by atoms with Gasteiger partial charge in [-0.2, -0.15) is 0 Å². The molecule has 36 heavy (non-hydrogen) atoms. The van der Waals surface area contributed by atoms with E-state index in [4.69, 9.17) is 9.47 Å². The first kappa shape index (κ1) is 28.2. The maximum atomic E-state index is 13.6. The molecule has 9 heteroatoms. The van der Waals surface area contributed by atoms with Crippen LogP contribution in [0.3, 0.4) is 0 Å². The third kappa shape index (κ3) is 7.80. The zero-order valence-corrected chi connectivity index (χ0v) is 22.1. The Morgan fingerprint density at radius 1 is 1.11 bits per heavy atom.